The molecule has 3 aliphatic heterocycles. The molecule has 1 unspecified atom stereocenters. The third-order valence-corrected chi connectivity index (χ3v) is 6.67. The van der Waals surface area contributed by atoms with E-state index in [1.807, 2.05) is 4.90 Å². The lowest BCUT2D eigenvalue weighted by Gasteiger charge is -2.37. The van der Waals surface area contributed by atoms with Crippen LogP contribution < -0.4 is 14.5 Å². The molecule has 1 saturated carbocycles. The second-order valence-electron chi connectivity index (χ2n) is 7.93. The molecule has 1 aromatic heterocycles. The number of hydrogen-bond acceptors (Lipinski definition) is 7. The Morgan fingerprint density at radius 3 is 2.79 bits per heavy atom. The fourth-order valence-corrected chi connectivity index (χ4v) is 5.01. The number of aliphatic hydroxyl groups excluding tert-OH is 1. The highest BCUT2D eigenvalue weighted by molar-refractivity contribution is 5.92. The summed E-state index contributed by atoms with van der Waals surface area (Å²) in [7, 11) is 0. The summed E-state index contributed by atoms with van der Waals surface area (Å²) in [5, 5.41) is 13.0. The van der Waals surface area contributed by atoms with E-state index in [1.165, 1.54) is 17.2 Å². The van der Waals surface area contributed by atoms with Gasteiger partial charge in [0, 0.05) is 19.7 Å². The lowest BCUT2D eigenvalue weighted by Crippen LogP contribution is -2.51. The van der Waals surface area contributed by atoms with E-state index in [4.69, 9.17) is 14.0 Å². The molecule has 9 heteroatoms. The second kappa shape index (κ2) is 5.16. The molecule has 1 aromatic carbocycles. The first kappa shape index (κ1) is 16.2. The van der Waals surface area contributed by atoms with Gasteiger partial charge in [-0.1, -0.05) is 0 Å². The van der Waals surface area contributed by atoms with Crippen LogP contribution in [0.4, 0.5) is 20.6 Å². The predicted molar refractivity (Wildman–Crippen MR) is 93.4 cm³/mol. The number of anilines is 2. The van der Waals surface area contributed by atoms with Gasteiger partial charge < -0.3 is 24.0 Å². The number of carbonyl (C=O) groups is 1. The number of aliphatic hydroxyl groups is 1. The molecule has 28 heavy (non-hydrogen) atoms. The molecule has 1 N–H and O–H groups in total. The third-order valence-electron chi connectivity index (χ3n) is 6.67. The largest absolute Gasteiger partial charge is 0.425 e. The number of amides is 1. The maximum atomic E-state index is 14.9. The summed E-state index contributed by atoms with van der Waals surface area (Å²) in [5.41, 5.74) is 1.49. The molecule has 8 nitrogen and oxygen atoms in total. The molecule has 5 atom stereocenters. The van der Waals surface area contributed by atoms with E-state index >= 15 is 0 Å². The first-order valence-electron chi connectivity index (χ1n) is 9.35. The zero-order valence-corrected chi connectivity index (χ0v) is 15.0. The molecule has 0 radical (unpaired) electrons. The van der Waals surface area contributed by atoms with Crippen molar-refractivity contribution in [1.29, 1.82) is 0 Å². The summed E-state index contributed by atoms with van der Waals surface area (Å²) in [4.78, 5) is 15.9. The molecule has 146 valence electrons. The Labute approximate surface area is 159 Å². The van der Waals surface area contributed by atoms with Gasteiger partial charge in [-0.3, -0.25) is 4.90 Å². The molecule has 3 fully saturated rings. The van der Waals surface area contributed by atoms with Gasteiger partial charge in [0.05, 0.1) is 11.4 Å². The molecule has 1 spiro atoms. The van der Waals surface area contributed by atoms with Crippen molar-refractivity contribution < 1.29 is 28.3 Å². The predicted octanol–water partition coefficient (Wildman–Crippen LogP) is 2.08. The number of halogens is 1. The third kappa shape index (κ3) is 1.87. The average Bonchev–Trinajstić information content (AvgIpc) is 2.98. The molecular weight excluding hydrogens is 369 g/mol. The number of hydrogen-bond donors (Lipinski definition) is 1. The number of carbonyl (C=O) groups excluding carboxylic acids is 1. The van der Waals surface area contributed by atoms with Crippen LogP contribution in [-0.2, 0) is 10.5 Å². The van der Waals surface area contributed by atoms with E-state index in [-0.39, 0.29) is 12.4 Å². The maximum Gasteiger partial charge on any atom is 0.418 e. The smallest absolute Gasteiger partial charge is 0.418 e. The minimum Gasteiger partial charge on any atom is -0.425 e. The van der Waals surface area contributed by atoms with Gasteiger partial charge in [0.15, 0.2) is 0 Å². The molecule has 4 heterocycles. The molecule has 0 bridgehead atoms. The highest BCUT2D eigenvalue weighted by Gasteiger charge is 2.64. The van der Waals surface area contributed by atoms with Gasteiger partial charge in [-0.25, -0.2) is 9.18 Å². The van der Waals surface area contributed by atoms with Crippen molar-refractivity contribution in [2.45, 2.75) is 18.8 Å². The van der Waals surface area contributed by atoms with Crippen molar-refractivity contribution >= 4 is 17.5 Å². The van der Waals surface area contributed by atoms with Gasteiger partial charge in [-0.15, -0.1) is 0 Å². The SMILES string of the molecule is CC1N(c2ccc(N3C[C@@H]4[C@@H](CO)[C@@H]4C3)c(F)c2)C(=O)O[C@@]12Oc1nocc12. The summed E-state index contributed by atoms with van der Waals surface area (Å²) >= 11 is 0. The minimum absolute atomic E-state index is 0.206. The Hall–Kier alpha value is -2.81. The Morgan fingerprint density at radius 1 is 1.32 bits per heavy atom. The normalized spacial score (nSPS) is 34.8. The van der Waals surface area contributed by atoms with Crippen LogP contribution >= 0.6 is 0 Å². The summed E-state index contributed by atoms with van der Waals surface area (Å²) < 4.78 is 30.8. The second-order valence-corrected chi connectivity index (χ2v) is 7.93. The van der Waals surface area contributed by atoms with Crippen LogP contribution in [-0.4, -0.2) is 42.1 Å². The first-order chi connectivity index (χ1) is 13.5. The van der Waals surface area contributed by atoms with Crippen LogP contribution in [0, 0.1) is 23.6 Å². The van der Waals surface area contributed by atoms with Crippen LogP contribution in [0.25, 0.3) is 0 Å². The minimum atomic E-state index is -1.27. The van der Waals surface area contributed by atoms with E-state index < -0.39 is 17.9 Å². The van der Waals surface area contributed by atoms with E-state index in [9.17, 15) is 14.3 Å². The van der Waals surface area contributed by atoms with Crippen LogP contribution in [0.2, 0.25) is 0 Å². The van der Waals surface area contributed by atoms with Crippen molar-refractivity contribution in [2.24, 2.45) is 17.8 Å². The molecule has 1 amide bonds. The Bertz CT molecular complexity index is 984. The molecule has 1 aliphatic carbocycles. The van der Waals surface area contributed by atoms with Crippen LogP contribution in [0.15, 0.2) is 29.0 Å². The van der Waals surface area contributed by atoms with Crippen LogP contribution in [0.3, 0.4) is 0 Å². The number of ether oxygens (including phenoxy) is 2. The monoisotopic (exact) mass is 387 g/mol. The summed E-state index contributed by atoms with van der Waals surface area (Å²) in [6.45, 7) is 3.48. The summed E-state index contributed by atoms with van der Waals surface area (Å²) in [6, 6.07) is 4.26. The first-order valence-corrected chi connectivity index (χ1v) is 9.35. The maximum absolute atomic E-state index is 14.9. The number of piperidine rings is 1. The van der Waals surface area contributed by atoms with E-state index in [0.29, 0.717) is 40.6 Å². The van der Waals surface area contributed by atoms with Crippen molar-refractivity contribution in [1.82, 2.24) is 5.16 Å². The van der Waals surface area contributed by atoms with Crippen molar-refractivity contribution in [3.63, 3.8) is 0 Å². The Kier molecular flexibility index (Phi) is 2.98. The lowest BCUT2D eigenvalue weighted by molar-refractivity contribution is -0.170. The zero-order chi connectivity index (χ0) is 19.2. The van der Waals surface area contributed by atoms with E-state index in [0.717, 1.165) is 13.1 Å². The topological polar surface area (TPSA) is 88.3 Å². The fraction of sp³-hybridized carbons (Fsp3) is 0.474. The fourth-order valence-electron chi connectivity index (χ4n) is 5.01. The molecule has 2 aromatic rings. The number of benzene rings is 1. The molecule has 4 aliphatic rings. The molecule has 6 rings (SSSR count). The van der Waals surface area contributed by atoms with E-state index in [2.05, 4.69) is 5.16 Å². The van der Waals surface area contributed by atoms with E-state index in [1.54, 1.807) is 19.1 Å². The molecule has 2 saturated heterocycles. The van der Waals surface area contributed by atoms with Gasteiger partial charge >= 0.3 is 11.9 Å². The lowest BCUT2D eigenvalue weighted by atomic mass is 9.97. The van der Waals surface area contributed by atoms with Crippen molar-refractivity contribution in [2.75, 3.05) is 29.5 Å². The Morgan fingerprint density at radius 2 is 2.11 bits per heavy atom. The summed E-state index contributed by atoms with van der Waals surface area (Å²) in [6.07, 6.45) is 0.786. The number of nitrogens with zero attached hydrogens (tertiary/aromatic N) is 3. The van der Waals surface area contributed by atoms with Gasteiger partial charge in [-0.05, 0) is 48.0 Å². The number of fused-ring (bicyclic) bond motifs is 3. The standard InChI is InChI=1S/C19H18FN3O5/c1-9-19(14-8-26-21-17(14)27-19)28-18(25)23(9)10-2-3-16(15(20)4-10)22-5-11-12(6-22)13(11)7-24/h2-4,8-9,11-13,24H,5-7H2,1H3/t9?,11-,12+,13+,19-/m0/s1. The van der Waals surface area contributed by atoms with Crippen molar-refractivity contribution in [3.05, 3.63) is 35.8 Å². The van der Waals surface area contributed by atoms with Crippen molar-refractivity contribution in [3.8, 4) is 5.88 Å². The Balaban J connectivity index is 1.26. The quantitative estimate of drug-likeness (QED) is 0.863. The highest BCUT2D eigenvalue weighted by atomic mass is 19.1. The van der Waals surface area contributed by atoms with Gasteiger partial charge in [0.1, 0.15) is 23.7 Å². The zero-order valence-electron chi connectivity index (χ0n) is 15.0. The number of aromatic nitrogens is 1. The summed E-state index contributed by atoms with van der Waals surface area (Å²) in [5.74, 6) is -0.0916. The van der Waals surface area contributed by atoms with Crippen LogP contribution in [0.1, 0.15) is 12.5 Å². The van der Waals surface area contributed by atoms with Crippen LogP contribution in [0.5, 0.6) is 5.88 Å². The average molecular weight is 387 g/mol. The van der Waals surface area contributed by atoms with Gasteiger partial charge in [0.2, 0.25) is 0 Å². The number of rotatable bonds is 3. The highest BCUT2D eigenvalue weighted by Crippen LogP contribution is 2.53. The molecular formula is C19H18FN3O5. The van der Waals surface area contributed by atoms with Gasteiger partial charge in [0.25, 0.3) is 5.88 Å². The van der Waals surface area contributed by atoms with Gasteiger partial charge in [-0.2, -0.15) is 0 Å².